The summed E-state index contributed by atoms with van der Waals surface area (Å²) < 4.78 is 28.1. The first kappa shape index (κ1) is 16.3. The first-order chi connectivity index (χ1) is 9.74. The third-order valence-corrected chi connectivity index (χ3v) is 6.15. The summed E-state index contributed by atoms with van der Waals surface area (Å²) >= 11 is 0. The molecule has 5 nitrogen and oxygen atoms in total. The number of hydrogen-bond donors (Lipinski definition) is 3. The highest BCUT2D eigenvalue weighted by Gasteiger charge is 2.30. The van der Waals surface area contributed by atoms with E-state index < -0.39 is 22.2 Å². The number of anilines is 1. The Bertz CT molecular complexity index is 615. The lowest BCUT2D eigenvalue weighted by atomic mass is 9.93. The minimum atomic E-state index is -3.69. The number of nitrogen functional groups attached to an aromatic ring is 1. The lowest BCUT2D eigenvalue weighted by Crippen LogP contribution is -2.45. The predicted octanol–water partition coefficient (Wildman–Crippen LogP) is 1.78. The fraction of sp³-hybridized carbons (Fsp3) is 0.600. The van der Waals surface area contributed by atoms with Crippen molar-refractivity contribution in [1.29, 1.82) is 0 Å². The SMILES string of the molecule is Cc1cc(N)c(C)c(S(=O)(=O)N[C@H]2CCCC[C@@H]2O)c1C. The molecule has 6 heteroatoms. The average Bonchev–Trinajstić information content (AvgIpc) is 2.39. The Balaban J connectivity index is 2.40. The van der Waals surface area contributed by atoms with Crippen LogP contribution in [-0.2, 0) is 10.0 Å². The Morgan fingerprint density at radius 3 is 2.43 bits per heavy atom. The number of aliphatic hydroxyl groups excluding tert-OH is 1. The van der Waals surface area contributed by atoms with E-state index in [0.29, 0.717) is 29.7 Å². The number of nitrogens with two attached hydrogens (primary N) is 1. The molecule has 118 valence electrons. The van der Waals surface area contributed by atoms with Gasteiger partial charge in [-0.15, -0.1) is 0 Å². The summed E-state index contributed by atoms with van der Waals surface area (Å²) in [5.41, 5.74) is 8.50. The summed E-state index contributed by atoms with van der Waals surface area (Å²) in [5.74, 6) is 0. The molecule has 1 aromatic rings. The Labute approximate surface area is 126 Å². The maximum atomic E-state index is 12.7. The molecule has 0 bridgehead atoms. The monoisotopic (exact) mass is 312 g/mol. The molecule has 1 aromatic carbocycles. The van der Waals surface area contributed by atoms with Gasteiger partial charge in [0.1, 0.15) is 0 Å². The van der Waals surface area contributed by atoms with Crippen LogP contribution in [0.15, 0.2) is 11.0 Å². The zero-order valence-corrected chi connectivity index (χ0v) is 13.6. The van der Waals surface area contributed by atoms with E-state index >= 15 is 0 Å². The van der Waals surface area contributed by atoms with Gasteiger partial charge in [0, 0.05) is 11.7 Å². The van der Waals surface area contributed by atoms with Crippen LogP contribution in [0, 0.1) is 20.8 Å². The van der Waals surface area contributed by atoms with Crippen LogP contribution in [0.5, 0.6) is 0 Å². The number of benzene rings is 1. The molecule has 0 unspecified atom stereocenters. The first-order valence-electron chi connectivity index (χ1n) is 7.30. The van der Waals surface area contributed by atoms with Gasteiger partial charge in [-0.2, -0.15) is 0 Å². The normalized spacial score (nSPS) is 23.2. The van der Waals surface area contributed by atoms with Crippen LogP contribution >= 0.6 is 0 Å². The largest absolute Gasteiger partial charge is 0.398 e. The third kappa shape index (κ3) is 3.22. The second-order valence-corrected chi connectivity index (χ2v) is 7.59. The molecule has 0 aromatic heterocycles. The number of rotatable bonds is 3. The van der Waals surface area contributed by atoms with Gasteiger partial charge in [0.25, 0.3) is 0 Å². The van der Waals surface area contributed by atoms with Gasteiger partial charge < -0.3 is 10.8 Å². The van der Waals surface area contributed by atoms with Gasteiger partial charge in [0.2, 0.25) is 10.0 Å². The van der Waals surface area contributed by atoms with E-state index in [0.717, 1.165) is 18.4 Å². The molecule has 1 fully saturated rings. The van der Waals surface area contributed by atoms with E-state index in [2.05, 4.69) is 4.72 Å². The molecule has 0 radical (unpaired) electrons. The Kier molecular flexibility index (Phi) is 4.60. The van der Waals surface area contributed by atoms with E-state index in [-0.39, 0.29) is 4.90 Å². The summed E-state index contributed by atoms with van der Waals surface area (Å²) in [5, 5.41) is 9.98. The molecule has 1 saturated carbocycles. The van der Waals surface area contributed by atoms with Crippen molar-refractivity contribution in [2.45, 2.75) is 63.5 Å². The number of sulfonamides is 1. The topological polar surface area (TPSA) is 92.4 Å². The molecule has 1 aliphatic carbocycles. The second-order valence-electron chi connectivity index (χ2n) is 5.94. The van der Waals surface area contributed by atoms with Gasteiger partial charge in [-0.25, -0.2) is 13.1 Å². The van der Waals surface area contributed by atoms with Crippen molar-refractivity contribution in [3.8, 4) is 0 Å². The summed E-state index contributed by atoms with van der Waals surface area (Å²) in [6, 6.07) is 1.38. The maximum Gasteiger partial charge on any atom is 0.241 e. The van der Waals surface area contributed by atoms with Gasteiger partial charge in [-0.05, 0) is 56.4 Å². The third-order valence-electron chi connectivity index (χ3n) is 4.38. The van der Waals surface area contributed by atoms with Gasteiger partial charge in [-0.1, -0.05) is 12.8 Å². The maximum absolute atomic E-state index is 12.7. The van der Waals surface area contributed by atoms with Crippen LogP contribution in [0.2, 0.25) is 0 Å². The van der Waals surface area contributed by atoms with Crippen LogP contribution in [0.1, 0.15) is 42.4 Å². The molecule has 21 heavy (non-hydrogen) atoms. The van der Waals surface area contributed by atoms with Crippen molar-refractivity contribution in [2.75, 3.05) is 5.73 Å². The Morgan fingerprint density at radius 2 is 1.81 bits per heavy atom. The molecule has 4 N–H and O–H groups in total. The molecule has 0 spiro atoms. The average molecular weight is 312 g/mol. The molecule has 0 aliphatic heterocycles. The van der Waals surface area contributed by atoms with Crippen molar-refractivity contribution in [2.24, 2.45) is 0 Å². The molecule has 2 rings (SSSR count). The molecule has 0 saturated heterocycles. The van der Waals surface area contributed by atoms with Crippen molar-refractivity contribution < 1.29 is 13.5 Å². The molecule has 0 amide bonds. The summed E-state index contributed by atoms with van der Waals surface area (Å²) in [4.78, 5) is 0.248. The second kappa shape index (κ2) is 5.94. The number of aliphatic hydroxyl groups is 1. The fourth-order valence-electron chi connectivity index (χ4n) is 2.95. The van der Waals surface area contributed by atoms with Crippen LogP contribution in [0.3, 0.4) is 0 Å². The van der Waals surface area contributed by atoms with Crippen molar-refractivity contribution in [3.05, 3.63) is 22.8 Å². The quantitative estimate of drug-likeness (QED) is 0.742. The highest BCUT2D eigenvalue weighted by molar-refractivity contribution is 7.89. The van der Waals surface area contributed by atoms with Crippen molar-refractivity contribution >= 4 is 15.7 Å². The van der Waals surface area contributed by atoms with Gasteiger partial charge >= 0.3 is 0 Å². The fourth-order valence-corrected chi connectivity index (χ4v) is 4.83. The van der Waals surface area contributed by atoms with Crippen molar-refractivity contribution in [3.63, 3.8) is 0 Å². The van der Waals surface area contributed by atoms with E-state index in [4.69, 9.17) is 5.73 Å². The highest BCUT2D eigenvalue weighted by Crippen LogP contribution is 2.29. The van der Waals surface area contributed by atoms with Crippen LogP contribution in [0.25, 0.3) is 0 Å². The standard InChI is InChI=1S/C15H24N2O3S/c1-9-8-12(16)11(3)15(10(9)2)21(19,20)17-13-6-4-5-7-14(13)18/h8,13-14,17-18H,4-7,16H2,1-3H3/t13-,14-/m0/s1. The van der Waals surface area contributed by atoms with E-state index in [1.165, 1.54) is 0 Å². The molecular formula is C15H24N2O3S. The van der Waals surface area contributed by atoms with Gasteiger partial charge in [-0.3, -0.25) is 0 Å². The highest BCUT2D eigenvalue weighted by atomic mass is 32.2. The number of aryl methyl sites for hydroxylation is 1. The zero-order chi connectivity index (χ0) is 15.8. The molecule has 0 heterocycles. The van der Waals surface area contributed by atoms with E-state index in [9.17, 15) is 13.5 Å². The smallest absolute Gasteiger partial charge is 0.241 e. The predicted molar refractivity (Wildman–Crippen MR) is 83.6 cm³/mol. The zero-order valence-electron chi connectivity index (χ0n) is 12.8. The van der Waals surface area contributed by atoms with E-state index in [1.807, 2.05) is 6.92 Å². The Hall–Kier alpha value is -1.11. The lowest BCUT2D eigenvalue weighted by Gasteiger charge is -2.28. The first-order valence-corrected chi connectivity index (χ1v) is 8.79. The minimum absolute atomic E-state index is 0.248. The van der Waals surface area contributed by atoms with Gasteiger partial charge in [0.05, 0.1) is 11.0 Å². The summed E-state index contributed by atoms with van der Waals surface area (Å²) in [6.45, 7) is 5.35. The minimum Gasteiger partial charge on any atom is -0.398 e. The molecular weight excluding hydrogens is 288 g/mol. The summed E-state index contributed by atoms with van der Waals surface area (Å²) in [7, 11) is -3.69. The molecule has 2 atom stereocenters. The van der Waals surface area contributed by atoms with Crippen LogP contribution < -0.4 is 10.5 Å². The Morgan fingerprint density at radius 1 is 1.19 bits per heavy atom. The lowest BCUT2D eigenvalue weighted by molar-refractivity contribution is 0.101. The number of hydrogen-bond acceptors (Lipinski definition) is 4. The van der Waals surface area contributed by atoms with Crippen molar-refractivity contribution in [1.82, 2.24) is 4.72 Å². The summed E-state index contributed by atoms with van der Waals surface area (Å²) in [6.07, 6.45) is 2.56. The molecule has 1 aliphatic rings. The van der Waals surface area contributed by atoms with E-state index in [1.54, 1.807) is 19.9 Å². The van der Waals surface area contributed by atoms with Crippen LogP contribution in [0.4, 0.5) is 5.69 Å². The van der Waals surface area contributed by atoms with Crippen LogP contribution in [-0.4, -0.2) is 25.7 Å². The number of nitrogens with one attached hydrogen (secondary N) is 1. The van der Waals surface area contributed by atoms with Gasteiger partial charge in [0.15, 0.2) is 0 Å².